The van der Waals surface area contributed by atoms with E-state index in [0.29, 0.717) is 17.9 Å². The number of hydrogen-bond donors (Lipinski definition) is 1. The van der Waals surface area contributed by atoms with Crippen LogP contribution in [0.25, 0.3) is 5.65 Å². The monoisotopic (exact) mass is 304 g/mol. The van der Waals surface area contributed by atoms with E-state index in [9.17, 15) is 9.18 Å². The first-order valence-electron chi connectivity index (χ1n) is 7.87. The molecule has 1 saturated heterocycles. The van der Waals surface area contributed by atoms with E-state index in [1.54, 1.807) is 12.3 Å². The van der Waals surface area contributed by atoms with E-state index in [2.05, 4.69) is 15.2 Å². The second kappa shape index (κ2) is 6.87. The fourth-order valence-corrected chi connectivity index (χ4v) is 2.83. The summed E-state index contributed by atoms with van der Waals surface area (Å²) in [6.45, 7) is 4.19. The number of likely N-dealkylation sites (tertiary alicyclic amines) is 1. The van der Waals surface area contributed by atoms with Crippen molar-refractivity contribution >= 4 is 11.6 Å². The van der Waals surface area contributed by atoms with Crippen LogP contribution in [0.5, 0.6) is 0 Å². The second-order valence-corrected chi connectivity index (χ2v) is 5.75. The average molecular weight is 304 g/mol. The van der Waals surface area contributed by atoms with Crippen molar-refractivity contribution < 1.29 is 9.18 Å². The van der Waals surface area contributed by atoms with Crippen LogP contribution in [0, 0.1) is 5.82 Å². The van der Waals surface area contributed by atoms with Crippen molar-refractivity contribution in [1.29, 1.82) is 0 Å². The van der Waals surface area contributed by atoms with E-state index in [4.69, 9.17) is 0 Å². The number of unbranched alkanes of at least 4 members (excludes halogenated alkanes) is 1. The van der Waals surface area contributed by atoms with Crippen molar-refractivity contribution in [1.82, 2.24) is 19.6 Å². The standard InChI is InChI=1S/C16H21FN4O/c17-13-5-6-15-19-14(12-21(15)11-13)16(22)18-7-1-2-8-20-9-3-4-10-20/h5-6,11-12H,1-4,7-10H2,(H,18,22). The summed E-state index contributed by atoms with van der Waals surface area (Å²) in [7, 11) is 0. The highest BCUT2D eigenvalue weighted by Crippen LogP contribution is 2.09. The fourth-order valence-electron chi connectivity index (χ4n) is 2.83. The van der Waals surface area contributed by atoms with Gasteiger partial charge in [0.1, 0.15) is 17.2 Å². The number of halogens is 1. The number of aromatic nitrogens is 2. The zero-order valence-electron chi connectivity index (χ0n) is 12.6. The molecule has 5 nitrogen and oxygen atoms in total. The molecule has 22 heavy (non-hydrogen) atoms. The van der Waals surface area contributed by atoms with Crippen LogP contribution < -0.4 is 5.32 Å². The summed E-state index contributed by atoms with van der Waals surface area (Å²) in [6.07, 6.45) is 7.55. The number of nitrogens with one attached hydrogen (secondary N) is 1. The number of rotatable bonds is 6. The van der Waals surface area contributed by atoms with E-state index in [1.807, 2.05) is 0 Å². The normalized spacial score (nSPS) is 15.5. The molecule has 0 aliphatic carbocycles. The molecule has 0 saturated carbocycles. The number of nitrogens with zero attached hydrogens (tertiary/aromatic N) is 3. The van der Waals surface area contributed by atoms with E-state index in [-0.39, 0.29) is 11.7 Å². The molecule has 0 atom stereocenters. The molecule has 0 aromatic carbocycles. The van der Waals surface area contributed by atoms with Gasteiger partial charge in [-0.25, -0.2) is 9.37 Å². The molecule has 118 valence electrons. The fraction of sp³-hybridized carbons (Fsp3) is 0.500. The van der Waals surface area contributed by atoms with Crippen LogP contribution in [0.2, 0.25) is 0 Å². The van der Waals surface area contributed by atoms with Crippen molar-refractivity contribution in [3.8, 4) is 0 Å². The van der Waals surface area contributed by atoms with Gasteiger partial charge in [-0.2, -0.15) is 0 Å². The lowest BCUT2D eigenvalue weighted by Gasteiger charge is -2.13. The van der Waals surface area contributed by atoms with Gasteiger partial charge >= 0.3 is 0 Å². The van der Waals surface area contributed by atoms with Gasteiger partial charge in [0.05, 0.1) is 0 Å². The van der Waals surface area contributed by atoms with E-state index in [0.717, 1.165) is 19.4 Å². The van der Waals surface area contributed by atoms with Crippen molar-refractivity contribution in [2.75, 3.05) is 26.2 Å². The van der Waals surface area contributed by atoms with Gasteiger partial charge in [0, 0.05) is 18.9 Å². The third-order valence-corrected chi connectivity index (χ3v) is 4.03. The minimum atomic E-state index is -0.348. The molecule has 1 amide bonds. The summed E-state index contributed by atoms with van der Waals surface area (Å²) in [6, 6.07) is 2.89. The first-order chi connectivity index (χ1) is 10.7. The van der Waals surface area contributed by atoms with Gasteiger partial charge in [0.15, 0.2) is 0 Å². The number of amides is 1. The summed E-state index contributed by atoms with van der Waals surface area (Å²) < 4.78 is 14.6. The van der Waals surface area contributed by atoms with Crippen LogP contribution in [0.3, 0.4) is 0 Å². The first kappa shape index (κ1) is 15.0. The number of carbonyl (C=O) groups excluding carboxylic acids is 1. The maximum atomic E-state index is 13.1. The number of fused-ring (bicyclic) bond motifs is 1. The quantitative estimate of drug-likeness (QED) is 0.831. The van der Waals surface area contributed by atoms with Crippen molar-refractivity contribution in [3.05, 3.63) is 36.0 Å². The highest BCUT2D eigenvalue weighted by Gasteiger charge is 2.12. The third kappa shape index (κ3) is 3.62. The van der Waals surface area contributed by atoms with Crippen molar-refractivity contribution in [3.63, 3.8) is 0 Å². The molecule has 2 aromatic heterocycles. The maximum absolute atomic E-state index is 13.1. The molecule has 0 radical (unpaired) electrons. The third-order valence-electron chi connectivity index (χ3n) is 4.03. The molecule has 2 aromatic rings. The molecule has 1 aliphatic rings. The van der Waals surface area contributed by atoms with Gasteiger partial charge in [-0.15, -0.1) is 0 Å². The molecular weight excluding hydrogens is 283 g/mol. The van der Waals surface area contributed by atoms with E-state index in [1.165, 1.54) is 42.6 Å². The minimum absolute atomic E-state index is 0.203. The Bertz CT molecular complexity index is 649. The molecule has 1 aliphatic heterocycles. The zero-order chi connectivity index (χ0) is 15.4. The van der Waals surface area contributed by atoms with Gasteiger partial charge in [0.25, 0.3) is 5.91 Å². The second-order valence-electron chi connectivity index (χ2n) is 5.75. The lowest BCUT2D eigenvalue weighted by atomic mass is 10.3. The average Bonchev–Trinajstić information content (AvgIpc) is 3.15. The zero-order valence-corrected chi connectivity index (χ0v) is 12.6. The molecular formula is C16H21FN4O. The predicted octanol–water partition coefficient (Wildman–Crippen LogP) is 2.08. The summed E-state index contributed by atoms with van der Waals surface area (Å²) >= 11 is 0. The van der Waals surface area contributed by atoms with E-state index >= 15 is 0 Å². The number of imidazole rings is 1. The summed E-state index contributed by atoms with van der Waals surface area (Å²) in [5.41, 5.74) is 0.894. The Morgan fingerprint density at radius 2 is 2.05 bits per heavy atom. The number of hydrogen-bond acceptors (Lipinski definition) is 3. The summed E-state index contributed by atoms with van der Waals surface area (Å²) in [4.78, 5) is 18.7. The van der Waals surface area contributed by atoms with Crippen LogP contribution in [-0.4, -0.2) is 46.4 Å². The summed E-state index contributed by atoms with van der Waals surface area (Å²) in [5, 5.41) is 2.87. The van der Waals surface area contributed by atoms with Crippen LogP contribution in [0.4, 0.5) is 4.39 Å². The van der Waals surface area contributed by atoms with Gasteiger partial charge in [0.2, 0.25) is 0 Å². The topological polar surface area (TPSA) is 49.6 Å². The molecule has 1 N–H and O–H groups in total. The molecule has 0 unspecified atom stereocenters. The lowest BCUT2D eigenvalue weighted by molar-refractivity contribution is 0.0948. The molecule has 3 heterocycles. The van der Waals surface area contributed by atoms with Gasteiger partial charge in [-0.3, -0.25) is 4.79 Å². The van der Waals surface area contributed by atoms with Crippen LogP contribution in [0.15, 0.2) is 24.5 Å². The predicted molar refractivity (Wildman–Crippen MR) is 82.4 cm³/mol. The van der Waals surface area contributed by atoms with Gasteiger partial charge < -0.3 is 14.6 Å². The van der Waals surface area contributed by atoms with Crippen LogP contribution in [-0.2, 0) is 0 Å². The Kier molecular flexibility index (Phi) is 4.68. The highest BCUT2D eigenvalue weighted by molar-refractivity contribution is 5.92. The molecule has 1 fully saturated rings. The SMILES string of the molecule is O=C(NCCCCN1CCCC1)c1cn2cc(F)ccc2n1. The minimum Gasteiger partial charge on any atom is -0.351 e. The lowest BCUT2D eigenvalue weighted by Crippen LogP contribution is -2.26. The molecule has 0 bridgehead atoms. The Morgan fingerprint density at radius 1 is 1.23 bits per heavy atom. The Morgan fingerprint density at radius 3 is 2.86 bits per heavy atom. The van der Waals surface area contributed by atoms with Crippen LogP contribution >= 0.6 is 0 Å². The molecule has 3 rings (SSSR count). The Labute approximate surface area is 129 Å². The first-order valence-corrected chi connectivity index (χ1v) is 7.87. The van der Waals surface area contributed by atoms with Crippen LogP contribution in [0.1, 0.15) is 36.2 Å². The smallest absolute Gasteiger partial charge is 0.271 e. The summed E-state index contributed by atoms with van der Waals surface area (Å²) in [5.74, 6) is -0.552. The van der Waals surface area contributed by atoms with Gasteiger partial charge in [-0.05, 0) is 57.5 Å². The number of carbonyl (C=O) groups is 1. The largest absolute Gasteiger partial charge is 0.351 e. The molecule has 6 heteroatoms. The van der Waals surface area contributed by atoms with Gasteiger partial charge in [-0.1, -0.05) is 0 Å². The Balaban J connectivity index is 1.44. The van der Waals surface area contributed by atoms with Crippen molar-refractivity contribution in [2.45, 2.75) is 25.7 Å². The Hall–Kier alpha value is -1.95. The molecule has 0 spiro atoms. The number of pyridine rings is 1. The maximum Gasteiger partial charge on any atom is 0.271 e. The van der Waals surface area contributed by atoms with E-state index < -0.39 is 0 Å². The highest BCUT2D eigenvalue weighted by atomic mass is 19.1. The van der Waals surface area contributed by atoms with Crippen molar-refractivity contribution in [2.24, 2.45) is 0 Å².